The number of carbonyl (C=O) groups is 2. The summed E-state index contributed by atoms with van der Waals surface area (Å²) in [4.78, 5) is 27.8. The van der Waals surface area contributed by atoms with E-state index in [0.717, 1.165) is 0 Å². The van der Waals surface area contributed by atoms with Crippen molar-refractivity contribution in [3.8, 4) is 23.0 Å². The highest BCUT2D eigenvalue weighted by atomic mass is 35.5. The SMILES string of the molecule is COc1ccc2c(c1OC)OC1(CCN(C(=O)c3c(Cl)ccc(Cl)c3OC)CC1)CC2=O. The number of likely N-dealkylation sites (tertiary alicyclic amines) is 1. The van der Waals surface area contributed by atoms with Crippen molar-refractivity contribution < 1.29 is 28.5 Å². The molecule has 0 bridgehead atoms. The molecule has 2 heterocycles. The predicted molar refractivity (Wildman–Crippen MR) is 120 cm³/mol. The van der Waals surface area contributed by atoms with Gasteiger partial charge >= 0.3 is 0 Å². The van der Waals surface area contributed by atoms with Crippen LogP contribution in [-0.2, 0) is 0 Å². The van der Waals surface area contributed by atoms with Crippen LogP contribution in [0.1, 0.15) is 40.0 Å². The van der Waals surface area contributed by atoms with Gasteiger partial charge < -0.3 is 23.8 Å². The quantitative estimate of drug-likeness (QED) is 0.634. The number of ketones is 1. The fourth-order valence-corrected chi connectivity index (χ4v) is 4.81. The molecule has 1 amide bonds. The Balaban J connectivity index is 1.58. The van der Waals surface area contributed by atoms with Gasteiger partial charge in [-0.2, -0.15) is 0 Å². The van der Waals surface area contributed by atoms with E-state index in [-0.39, 0.29) is 34.4 Å². The summed E-state index contributed by atoms with van der Waals surface area (Å²) >= 11 is 12.5. The molecule has 7 nitrogen and oxygen atoms in total. The Kier molecular flexibility index (Phi) is 6.14. The van der Waals surface area contributed by atoms with Crippen molar-refractivity contribution in [1.29, 1.82) is 0 Å². The van der Waals surface area contributed by atoms with Crippen LogP contribution in [0.4, 0.5) is 0 Å². The van der Waals surface area contributed by atoms with E-state index >= 15 is 0 Å². The van der Waals surface area contributed by atoms with Gasteiger partial charge in [-0.3, -0.25) is 9.59 Å². The Morgan fingerprint density at radius 3 is 2.25 bits per heavy atom. The second-order valence-corrected chi connectivity index (χ2v) is 8.61. The first-order chi connectivity index (χ1) is 15.3. The van der Waals surface area contributed by atoms with Crippen molar-refractivity contribution in [2.45, 2.75) is 24.9 Å². The van der Waals surface area contributed by atoms with Crippen LogP contribution in [0.25, 0.3) is 0 Å². The molecule has 1 saturated heterocycles. The lowest BCUT2D eigenvalue weighted by atomic mass is 9.82. The van der Waals surface area contributed by atoms with E-state index in [0.29, 0.717) is 53.8 Å². The van der Waals surface area contributed by atoms with Crippen LogP contribution < -0.4 is 18.9 Å². The highest BCUT2D eigenvalue weighted by molar-refractivity contribution is 6.37. The lowest BCUT2D eigenvalue weighted by Gasteiger charge is -2.44. The number of piperidine rings is 1. The van der Waals surface area contributed by atoms with Crippen LogP contribution >= 0.6 is 23.2 Å². The van der Waals surface area contributed by atoms with Crippen molar-refractivity contribution in [3.63, 3.8) is 0 Å². The zero-order valence-electron chi connectivity index (χ0n) is 18.0. The van der Waals surface area contributed by atoms with Gasteiger partial charge in [0.05, 0.1) is 43.4 Å². The number of fused-ring (bicyclic) bond motifs is 1. The van der Waals surface area contributed by atoms with E-state index in [2.05, 4.69) is 0 Å². The van der Waals surface area contributed by atoms with Crippen molar-refractivity contribution in [1.82, 2.24) is 4.90 Å². The maximum atomic E-state index is 13.2. The van der Waals surface area contributed by atoms with Crippen LogP contribution in [0, 0.1) is 0 Å². The fraction of sp³-hybridized carbons (Fsp3) is 0.391. The Hall–Kier alpha value is -2.64. The Morgan fingerprint density at radius 1 is 0.969 bits per heavy atom. The molecule has 0 N–H and O–H groups in total. The molecule has 0 aliphatic carbocycles. The number of Topliss-reactive ketones (excluding diaryl/α,β-unsaturated/α-hetero) is 1. The van der Waals surface area contributed by atoms with Crippen LogP contribution in [0.5, 0.6) is 23.0 Å². The number of hydrogen-bond acceptors (Lipinski definition) is 6. The molecule has 1 spiro atoms. The molecule has 2 aliphatic heterocycles. The van der Waals surface area contributed by atoms with Gasteiger partial charge in [0.1, 0.15) is 11.2 Å². The average molecular weight is 480 g/mol. The molecule has 0 unspecified atom stereocenters. The molecule has 0 radical (unpaired) electrons. The molecule has 32 heavy (non-hydrogen) atoms. The van der Waals surface area contributed by atoms with E-state index in [9.17, 15) is 9.59 Å². The lowest BCUT2D eigenvalue weighted by Crippen LogP contribution is -2.52. The molecule has 4 rings (SSSR count). The summed E-state index contributed by atoms with van der Waals surface area (Å²) in [7, 11) is 4.49. The summed E-state index contributed by atoms with van der Waals surface area (Å²) in [6.07, 6.45) is 1.19. The normalized spacial score (nSPS) is 16.9. The first-order valence-corrected chi connectivity index (χ1v) is 10.9. The highest BCUT2D eigenvalue weighted by Gasteiger charge is 2.45. The Morgan fingerprint density at radius 2 is 1.62 bits per heavy atom. The minimum absolute atomic E-state index is 0.0217. The second-order valence-electron chi connectivity index (χ2n) is 7.79. The number of halogens is 2. The lowest BCUT2D eigenvalue weighted by molar-refractivity contribution is -0.00750. The molecule has 0 saturated carbocycles. The molecule has 2 aromatic carbocycles. The van der Waals surface area contributed by atoms with E-state index in [1.165, 1.54) is 21.3 Å². The summed E-state index contributed by atoms with van der Waals surface area (Å²) in [5, 5.41) is 0.582. The summed E-state index contributed by atoms with van der Waals surface area (Å²) in [5.74, 6) is 1.23. The summed E-state index contributed by atoms with van der Waals surface area (Å²) in [5.41, 5.74) is -0.0138. The number of rotatable bonds is 4. The monoisotopic (exact) mass is 479 g/mol. The Labute approximate surface area is 196 Å². The van der Waals surface area contributed by atoms with Gasteiger partial charge in [-0.25, -0.2) is 0 Å². The first kappa shape index (κ1) is 22.6. The van der Waals surface area contributed by atoms with Gasteiger partial charge in [0.25, 0.3) is 5.91 Å². The van der Waals surface area contributed by atoms with Crippen molar-refractivity contribution >= 4 is 34.9 Å². The second kappa shape index (κ2) is 8.71. The largest absolute Gasteiger partial charge is 0.494 e. The van der Waals surface area contributed by atoms with Crippen LogP contribution in [-0.4, -0.2) is 56.6 Å². The van der Waals surface area contributed by atoms with Crippen LogP contribution in [0.2, 0.25) is 10.0 Å². The molecular weight excluding hydrogens is 457 g/mol. The minimum atomic E-state index is -0.720. The maximum absolute atomic E-state index is 13.2. The maximum Gasteiger partial charge on any atom is 0.259 e. The number of methoxy groups -OCH3 is 3. The molecule has 9 heteroatoms. The zero-order chi connectivity index (χ0) is 23.0. The molecular formula is C23H23Cl2NO6. The van der Waals surface area contributed by atoms with E-state index < -0.39 is 5.60 Å². The van der Waals surface area contributed by atoms with Gasteiger partial charge in [-0.05, 0) is 24.3 Å². The van der Waals surface area contributed by atoms with E-state index in [4.69, 9.17) is 42.1 Å². The number of hydrogen-bond donors (Lipinski definition) is 0. The molecule has 1 fully saturated rings. The summed E-state index contributed by atoms with van der Waals surface area (Å²) in [6.45, 7) is 0.777. The number of benzene rings is 2. The van der Waals surface area contributed by atoms with E-state index in [1.54, 1.807) is 29.2 Å². The fourth-order valence-electron chi connectivity index (χ4n) is 4.35. The number of amides is 1. The minimum Gasteiger partial charge on any atom is -0.494 e. The van der Waals surface area contributed by atoms with Gasteiger partial charge in [0, 0.05) is 25.9 Å². The third kappa shape index (κ3) is 3.73. The number of ether oxygens (including phenoxy) is 4. The summed E-state index contributed by atoms with van der Waals surface area (Å²) in [6, 6.07) is 6.55. The average Bonchev–Trinajstić information content (AvgIpc) is 2.79. The molecule has 2 aliphatic rings. The molecule has 170 valence electrons. The number of nitrogens with zero attached hydrogens (tertiary/aromatic N) is 1. The third-order valence-corrected chi connectivity index (χ3v) is 6.65. The topological polar surface area (TPSA) is 74.3 Å². The molecule has 0 aromatic heterocycles. The Bertz CT molecular complexity index is 1080. The highest BCUT2D eigenvalue weighted by Crippen LogP contribution is 2.48. The predicted octanol–water partition coefficient (Wildman–Crippen LogP) is 4.66. The first-order valence-electron chi connectivity index (χ1n) is 10.1. The molecule has 0 atom stereocenters. The van der Waals surface area contributed by atoms with Crippen molar-refractivity contribution in [2.75, 3.05) is 34.4 Å². The van der Waals surface area contributed by atoms with Crippen LogP contribution in [0.15, 0.2) is 24.3 Å². The van der Waals surface area contributed by atoms with Gasteiger partial charge in [0.15, 0.2) is 23.0 Å². The van der Waals surface area contributed by atoms with Gasteiger partial charge in [-0.1, -0.05) is 23.2 Å². The van der Waals surface area contributed by atoms with Gasteiger partial charge in [0.2, 0.25) is 5.75 Å². The number of carbonyl (C=O) groups excluding carboxylic acids is 2. The van der Waals surface area contributed by atoms with Crippen molar-refractivity contribution in [2.24, 2.45) is 0 Å². The zero-order valence-corrected chi connectivity index (χ0v) is 19.5. The van der Waals surface area contributed by atoms with Crippen molar-refractivity contribution in [3.05, 3.63) is 45.4 Å². The molecule has 2 aromatic rings. The standard InChI is InChI=1S/C23H23Cl2NO6/c1-29-17-7-4-13-16(27)12-23(32-19(13)21(17)31-3)8-10-26(11-9-23)22(28)18-14(24)5-6-15(25)20(18)30-2/h4-7H,8-12H2,1-3H3. The summed E-state index contributed by atoms with van der Waals surface area (Å²) < 4.78 is 22.5. The van der Waals surface area contributed by atoms with E-state index in [1.807, 2.05) is 0 Å². The van der Waals surface area contributed by atoms with Crippen LogP contribution in [0.3, 0.4) is 0 Å². The van der Waals surface area contributed by atoms with Gasteiger partial charge in [-0.15, -0.1) is 0 Å². The third-order valence-electron chi connectivity index (χ3n) is 6.04. The smallest absolute Gasteiger partial charge is 0.259 e.